The second kappa shape index (κ2) is 5.34. The molecule has 0 amide bonds. The van der Waals surface area contributed by atoms with E-state index in [1.54, 1.807) is 19.1 Å². The minimum atomic E-state index is -0.639. The van der Waals surface area contributed by atoms with Crippen LogP contribution in [0, 0.1) is 5.82 Å². The van der Waals surface area contributed by atoms with Gasteiger partial charge >= 0.3 is 0 Å². The van der Waals surface area contributed by atoms with Crippen LogP contribution in [0.4, 0.5) is 4.39 Å². The molecule has 1 N–H and O–H groups in total. The average Bonchev–Trinajstić information content (AvgIpc) is 2.33. The van der Waals surface area contributed by atoms with Crippen molar-refractivity contribution in [3.63, 3.8) is 0 Å². The molecule has 17 heavy (non-hydrogen) atoms. The minimum Gasteiger partial charge on any atom is -0.389 e. The van der Waals surface area contributed by atoms with Crippen molar-refractivity contribution >= 4 is 11.8 Å². The van der Waals surface area contributed by atoms with Crippen molar-refractivity contribution in [3.8, 4) is 0 Å². The van der Waals surface area contributed by atoms with Crippen molar-refractivity contribution < 1.29 is 9.50 Å². The summed E-state index contributed by atoms with van der Waals surface area (Å²) in [6.45, 7) is 1.62. The maximum Gasteiger partial charge on any atom is 0.137 e. The summed E-state index contributed by atoms with van der Waals surface area (Å²) >= 11 is 1.38. The van der Waals surface area contributed by atoms with Crippen LogP contribution in [0.3, 0.4) is 0 Å². The van der Waals surface area contributed by atoms with E-state index in [9.17, 15) is 9.50 Å². The summed E-state index contributed by atoms with van der Waals surface area (Å²) in [5, 5.41) is 9.36. The van der Waals surface area contributed by atoms with E-state index < -0.39 is 6.10 Å². The molecule has 2 aromatic carbocycles. The lowest BCUT2D eigenvalue weighted by molar-refractivity contribution is 0.198. The van der Waals surface area contributed by atoms with E-state index in [1.165, 1.54) is 17.8 Å². The summed E-state index contributed by atoms with van der Waals surface area (Å²) < 4.78 is 13.8. The number of halogens is 1. The van der Waals surface area contributed by atoms with Gasteiger partial charge in [0.2, 0.25) is 0 Å². The number of benzene rings is 2. The van der Waals surface area contributed by atoms with E-state index in [-0.39, 0.29) is 5.82 Å². The van der Waals surface area contributed by atoms with Crippen LogP contribution >= 0.6 is 11.8 Å². The Morgan fingerprint density at radius 2 is 1.82 bits per heavy atom. The largest absolute Gasteiger partial charge is 0.389 e. The van der Waals surface area contributed by atoms with E-state index in [0.717, 1.165) is 4.90 Å². The molecule has 88 valence electrons. The standard InChI is InChI=1S/C14H13FOS/c1-10(16)11-7-8-14(13(15)9-11)17-12-5-3-2-4-6-12/h2-10,16H,1H3/t10-/m0/s1. The van der Waals surface area contributed by atoms with E-state index in [1.807, 2.05) is 30.3 Å². The smallest absolute Gasteiger partial charge is 0.137 e. The molecule has 0 bridgehead atoms. The molecule has 1 nitrogen and oxygen atoms in total. The number of hydrogen-bond donors (Lipinski definition) is 1. The first-order valence-corrected chi connectivity index (χ1v) is 6.19. The van der Waals surface area contributed by atoms with Crippen LogP contribution in [0.2, 0.25) is 0 Å². The maximum atomic E-state index is 13.8. The zero-order valence-corrected chi connectivity index (χ0v) is 10.2. The predicted molar refractivity (Wildman–Crippen MR) is 67.6 cm³/mol. The van der Waals surface area contributed by atoms with Crippen LogP contribution in [0.25, 0.3) is 0 Å². The number of rotatable bonds is 3. The summed E-state index contributed by atoms with van der Waals surface area (Å²) in [6.07, 6.45) is -0.639. The van der Waals surface area contributed by atoms with E-state index in [2.05, 4.69) is 0 Å². The Hall–Kier alpha value is -1.32. The molecule has 0 aliphatic heterocycles. The molecule has 0 saturated heterocycles. The first-order valence-electron chi connectivity index (χ1n) is 5.37. The molecule has 0 fully saturated rings. The monoisotopic (exact) mass is 248 g/mol. The van der Waals surface area contributed by atoms with Gasteiger partial charge in [0.1, 0.15) is 5.82 Å². The Morgan fingerprint density at radius 1 is 1.12 bits per heavy atom. The van der Waals surface area contributed by atoms with Gasteiger partial charge in [-0.1, -0.05) is 36.0 Å². The third-order valence-electron chi connectivity index (χ3n) is 2.41. The van der Waals surface area contributed by atoms with E-state index in [0.29, 0.717) is 10.5 Å². The molecule has 1 atom stereocenters. The minimum absolute atomic E-state index is 0.294. The van der Waals surface area contributed by atoms with Gasteiger partial charge in [-0.15, -0.1) is 0 Å². The van der Waals surface area contributed by atoms with Crippen molar-refractivity contribution in [1.82, 2.24) is 0 Å². The summed E-state index contributed by atoms with van der Waals surface area (Å²) in [7, 11) is 0. The Kier molecular flexibility index (Phi) is 3.82. The fourth-order valence-corrected chi connectivity index (χ4v) is 2.31. The highest BCUT2D eigenvalue weighted by molar-refractivity contribution is 7.99. The van der Waals surface area contributed by atoms with Gasteiger partial charge in [0.05, 0.1) is 6.10 Å². The molecule has 3 heteroatoms. The quantitative estimate of drug-likeness (QED) is 0.885. The molecule has 0 heterocycles. The lowest BCUT2D eigenvalue weighted by Gasteiger charge is -2.07. The first kappa shape index (κ1) is 12.1. The van der Waals surface area contributed by atoms with Gasteiger partial charge < -0.3 is 5.11 Å². The molecule has 0 radical (unpaired) electrons. The van der Waals surface area contributed by atoms with Crippen LogP contribution in [0.1, 0.15) is 18.6 Å². The van der Waals surface area contributed by atoms with Crippen molar-refractivity contribution in [2.24, 2.45) is 0 Å². The van der Waals surface area contributed by atoms with Crippen LogP contribution in [0.5, 0.6) is 0 Å². The summed E-state index contributed by atoms with van der Waals surface area (Å²) in [5.41, 5.74) is 0.597. The lowest BCUT2D eigenvalue weighted by Crippen LogP contribution is -1.92. The highest BCUT2D eigenvalue weighted by Crippen LogP contribution is 2.30. The Labute approximate surface area is 104 Å². The van der Waals surface area contributed by atoms with Crippen molar-refractivity contribution in [2.45, 2.75) is 22.8 Å². The van der Waals surface area contributed by atoms with Crippen molar-refractivity contribution in [3.05, 3.63) is 59.9 Å². The second-order valence-corrected chi connectivity index (χ2v) is 4.90. The number of hydrogen-bond acceptors (Lipinski definition) is 2. The highest BCUT2D eigenvalue weighted by Gasteiger charge is 2.08. The van der Waals surface area contributed by atoms with Gasteiger partial charge in [0, 0.05) is 9.79 Å². The van der Waals surface area contributed by atoms with Gasteiger partial charge in [-0.2, -0.15) is 0 Å². The van der Waals surface area contributed by atoms with Crippen molar-refractivity contribution in [2.75, 3.05) is 0 Å². The highest BCUT2D eigenvalue weighted by atomic mass is 32.2. The molecule has 2 rings (SSSR count). The fourth-order valence-electron chi connectivity index (χ4n) is 1.48. The van der Waals surface area contributed by atoms with Gasteiger partial charge in [-0.05, 0) is 36.8 Å². The Bertz CT molecular complexity index is 497. The van der Waals surface area contributed by atoms with Crippen LogP contribution < -0.4 is 0 Å². The Morgan fingerprint density at radius 3 is 2.41 bits per heavy atom. The molecule has 0 aliphatic rings. The van der Waals surface area contributed by atoms with Gasteiger partial charge in [-0.25, -0.2) is 4.39 Å². The lowest BCUT2D eigenvalue weighted by atomic mass is 10.1. The number of aliphatic hydroxyl groups is 1. The molecule has 0 saturated carbocycles. The first-order chi connectivity index (χ1) is 8.16. The topological polar surface area (TPSA) is 20.2 Å². The predicted octanol–water partition coefficient (Wildman–Crippen LogP) is 4.03. The molecule has 0 unspecified atom stereocenters. The summed E-state index contributed by atoms with van der Waals surface area (Å²) in [4.78, 5) is 1.57. The van der Waals surface area contributed by atoms with Gasteiger partial charge in [-0.3, -0.25) is 0 Å². The van der Waals surface area contributed by atoms with E-state index >= 15 is 0 Å². The maximum absolute atomic E-state index is 13.8. The molecule has 0 aromatic heterocycles. The third kappa shape index (κ3) is 3.08. The SMILES string of the molecule is C[C@H](O)c1ccc(Sc2ccccc2)c(F)c1. The average molecular weight is 248 g/mol. The van der Waals surface area contributed by atoms with Gasteiger partial charge in [0.15, 0.2) is 0 Å². The molecule has 2 aromatic rings. The zero-order valence-electron chi connectivity index (χ0n) is 9.43. The van der Waals surface area contributed by atoms with Crippen LogP contribution in [0.15, 0.2) is 58.3 Å². The molecule has 0 aliphatic carbocycles. The molecule has 0 spiro atoms. The number of aliphatic hydroxyl groups excluding tert-OH is 1. The second-order valence-electron chi connectivity index (χ2n) is 3.78. The molecular formula is C14H13FOS. The Balaban J connectivity index is 2.23. The van der Waals surface area contributed by atoms with Crippen LogP contribution in [-0.4, -0.2) is 5.11 Å². The van der Waals surface area contributed by atoms with Crippen molar-refractivity contribution in [1.29, 1.82) is 0 Å². The zero-order chi connectivity index (χ0) is 12.3. The normalized spacial score (nSPS) is 12.4. The summed E-state index contributed by atoms with van der Waals surface area (Å²) in [5.74, 6) is -0.294. The fraction of sp³-hybridized carbons (Fsp3) is 0.143. The van der Waals surface area contributed by atoms with Crippen LogP contribution in [-0.2, 0) is 0 Å². The molecular weight excluding hydrogens is 235 g/mol. The van der Waals surface area contributed by atoms with Gasteiger partial charge in [0.25, 0.3) is 0 Å². The van der Waals surface area contributed by atoms with E-state index in [4.69, 9.17) is 0 Å². The summed E-state index contributed by atoms with van der Waals surface area (Å²) in [6, 6.07) is 14.5. The third-order valence-corrected chi connectivity index (χ3v) is 3.47.